The van der Waals surface area contributed by atoms with Crippen LogP contribution in [0.15, 0.2) is 21.7 Å². The van der Waals surface area contributed by atoms with Crippen molar-refractivity contribution in [2.45, 2.75) is 39.2 Å². The Morgan fingerprint density at radius 1 is 1.28 bits per heavy atom. The van der Waals surface area contributed by atoms with Crippen molar-refractivity contribution >= 4 is 41.9 Å². The van der Waals surface area contributed by atoms with Crippen LogP contribution < -0.4 is 16.0 Å². The first-order chi connectivity index (χ1) is 13.5. The van der Waals surface area contributed by atoms with Crippen molar-refractivity contribution in [3.05, 3.63) is 23.7 Å². The van der Waals surface area contributed by atoms with E-state index in [-0.39, 0.29) is 42.0 Å². The fourth-order valence-electron chi connectivity index (χ4n) is 2.99. The molecule has 2 heterocycles. The molecule has 1 aromatic rings. The fourth-order valence-corrected chi connectivity index (χ4v) is 2.99. The highest BCUT2D eigenvalue weighted by atomic mass is 127. The van der Waals surface area contributed by atoms with Gasteiger partial charge in [0.2, 0.25) is 0 Å². The molecule has 9 nitrogen and oxygen atoms in total. The van der Waals surface area contributed by atoms with Gasteiger partial charge < -0.3 is 30.0 Å². The predicted octanol–water partition coefficient (Wildman–Crippen LogP) is 2.11. The summed E-state index contributed by atoms with van der Waals surface area (Å²) < 4.78 is 10.2. The Morgan fingerprint density at radius 3 is 2.55 bits per heavy atom. The maximum atomic E-state index is 12.0. The topological polar surface area (TPSA) is 108 Å². The zero-order valence-electron chi connectivity index (χ0n) is 17.3. The molecule has 1 aromatic heterocycles. The Labute approximate surface area is 189 Å². The number of halogens is 1. The van der Waals surface area contributed by atoms with Gasteiger partial charge in [0, 0.05) is 44.8 Å². The van der Waals surface area contributed by atoms with Gasteiger partial charge in [-0.15, -0.1) is 24.0 Å². The van der Waals surface area contributed by atoms with Crippen LogP contribution in [0.2, 0.25) is 0 Å². The third-order valence-electron chi connectivity index (χ3n) is 4.59. The summed E-state index contributed by atoms with van der Waals surface area (Å²) >= 11 is 0. The zero-order chi connectivity index (χ0) is 20.4. The molecule has 1 aliphatic heterocycles. The number of amides is 2. The first-order valence-electron chi connectivity index (χ1n) is 9.76. The monoisotopic (exact) mass is 521 g/mol. The molecule has 0 bridgehead atoms. The van der Waals surface area contributed by atoms with Crippen molar-refractivity contribution in [1.82, 2.24) is 20.9 Å². The van der Waals surface area contributed by atoms with E-state index in [2.05, 4.69) is 20.9 Å². The van der Waals surface area contributed by atoms with Gasteiger partial charge in [0.1, 0.15) is 0 Å². The molecular weight excluding hydrogens is 489 g/mol. The molecule has 0 radical (unpaired) electrons. The molecule has 1 fully saturated rings. The average molecular weight is 521 g/mol. The van der Waals surface area contributed by atoms with E-state index in [1.54, 1.807) is 18.0 Å². The molecule has 0 unspecified atom stereocenters. The molecule has 1 aliphatic rings. The first kappa shape index (κ1) is 25.1. The van der Waals surface area contributed by atoms with Gasteiger partial charge in [-0.2, -0.15) is 0 Å². The van der Waals surface area contributed by atoms with E-state index in [4.69, 9.17) is 9.15 Å². The second kappa shape index (κ2) is 13.3. The first-order valence-corrected chi connectivity index (χ1v) is 9.76. The number of nitrogens with zero attached hydrogens (tertiary/aromatic N) is 2. The molecule has 0 spiro atoms. The highest BCUT2D eigenvalue weighted by Gasteiger charge is 2.24. The Bertz CT molecular complexity index is 671. The van der Waals surface area contributed by atoms with E-state index in [9.17, 15) is 9.59 Å². The molecule has 10 heteroatoms. The van der Waals surface area contributed by atoms with Crippen LogP contribution in [0.1, 0.15) is 42.3 Å². The largest absolute Gasteiger partial charge is 0.459 e. The van der Waals surface area contributed by atoms with Crippen molar-refractivity contribution in [2.24, 2.45) is 4.99 Å². The minimum atomic E-state index is -0.241. The summed E-state index contributed by atoms with van der Waals surface area (Å²) in [7, 11) is 1.73. The lowest BCUT2D eigenvalue weighted by atomic mass is 10.1. The maximum Gasteiger partial charge on any atom is 0.409 e. The fraction of sp³-hybridized carbons (Fsp3) is 0.632. The molecule has 29 heavy (non-hydrogen) atoms. The lowest BCUT2D eigenvalue weighted by Crippen LogP contribution is -2.50. The number of carbonyl (C=O) groups is 2. The number of hydrogen-bond donors (Lipinski definition) is 3. The number of nitrogens with one attached hydrogen (secondary N) is 3. The van der Waals surface area contributed by atoms with E-state index >= 15 is 0 Å². The Kier molecular flexibility index (Phi) is 11.5. The van der Waals surface area contributed by atoms with Gasteiger partial charge in [-0.25, -0.2) is 4.79 Å². The van der Waals surface area contributed by atoms with Crippen molar-refractivity contribution in [2.75, 3.05) is 39.8 Å². The van der Waals surface area contributed by atoms with Crippen molar-refractivity contribution in [3.63, 3.8) is 0 Å². The number of carbonyl (C=O) groups excluding carboxylic acids is 2. The molecule has 2 amide bonds. The summed E-state index contributed by atoms with van der Waals surface area (Å²) in [6.45, 7) is 6.62. The smallest absolute Gasteiger partial charge is 0.409 e. The van der Waals surface area contributed by atoms with E-state index in [1.807, 2.05) is 13.8 Å². The number of piperidine rings is 1. The number of furan rings is 1. The van der Waals surface area contributed by atoms with E-state index < -0.39 is 0 Å². The summed E-state index contributed by atoms with van der Waals surface area (Å²) in [5, 5.41) is 9.48. The van der Waals surface area contributed by atoms with Crippen LogP contribution in [0.3, 0.4) is 0 Å². The number of aliphatic imine (C=N–C) groups is 1. The normalized spacial score (nSPS) is 14.7. The van der Waals surface area contributed by atoms with Gasteiger partial charge in [-0.05, 0) is 39.2 Å². The molecule has 3 N–H and O–H groups in total. The quantitative estimate of drug-likeness (QED) is 0.220. The van der Waals surface area contributed by atoms with Crippen LogP contribution in [-0.4, -0.2) is 68.7 Å². The second-order valence-electron chi connectivity index (χ2n) is 6.65. The third kappa shape index (κ3) is 8.11. The van der Waals surface area contributed by atoms with Gasteiger partial charge in [0.25, 0.3) is 5.91 Å². The Morgan fingerprint density at radius 2 is 1.97 bits per heavy atom. The molecule has 0 saturated carbocycles. The number of rotatable bonds is 7. The highest BCUT2D eigenvalue weighted by Crippen LogP contribution is 2.11. The van der Waals surface area contributed by atoms with E-state index in [0.717, 1.165) is 30.8 Å². The van der Waals surface area contributed by atoms with Crippen molar-refractivity contribution < 1.29 is 18.7 Å². The van der Waals surface area contributed by atoms with Gasteiger partial charge in [-0.1, -0.05) is 0 Å². The van der Waals surface area contributed by atoms with Crippen LogP contribution in [-0.2, 0) is 4.74 Å². The minimum absolute atomic E-state index is 0. The molecule has 0 aromatic carbocycles. The zero-order valence-corrected chi connectivity index (χ0v) is 19.7. The Balaban J connectivity index is 0.00000420. The molecule has 0 atom stereocenters. The summed E-state index contributed by atoms with van der Waals surface area (Å²) in [6, 6.07) is 2.03. The number of aryl methyl sites for hydroxylation is 1. The summed E-state index contributed by atoms with van der Waals surface area (Å²) in [4.78, 5) is 29.7. The lowest BCUT2D eigenvalue weighted by molar-refractivity contribution is 0.0923. The average Bonchev–Trinajstić information content (AvgIpc) is 3.13. The highest BCUT2D eigenvalue weighted by molar-refractivity contribution is 14.0. The van der Waals surface area contributed by atoms with Gasteiger partial charge in [0.05, 0.1) is 12.9 Å². The summed E-state index contributed by atoms with van der Waals surface area (Å²) in [6.07, 6.45) is 3.72. The van der Waals surface area contributed by atoms with Gasteiger partial charge >= 0.3 is 6.09 Å². The van der Waals surface area contributed by atoms with Crippen molar-refractivity contribution in [1.29, 1.82) is 0 Å². The Hall–Kier alpha value is -1.98. The lowest BCUT2D eigenvalue weighted by Gasteiger charge is -2.32. The van der Waals surface area contributed by atoms with Crippen molar-refractivity contribution in [3.8, 4) is 0 Å². The molecule has 2 rings (SSSR count). The van der Waals surface area contributed by atoms with Gasteiger partial charge in [0.15, 0.2) is 11.7 Å². The second-order valence-corrected chi connectivity index (χ2v) is 6.65. The van der Waals surface area contributed by atoms with E-state index in [0.29, 0.717) is 38.5 Å². The van der Waals surface area contributed by atoms with Gasteiger partial charge in [-0.3, -0.25) is 9.79 Å². The minimum Gasteiger partial charge on any atom is -0.459 e. The molecule has 164 valence electrons. The number of hydrogen-bond acceptors (Lipinski definition) is 5. The van der Waals surface area contributed by atoms with Crippen LogP contribution in [0.5, 0.6) is 0 Å². The number of ether oxygens (including phenoxy) is 1. The van der Waals surface area contributed by atoms with E-state index in [1.165, 1.54) is 6.26 Å². The summed E-state index contributed by atoms with van der Waals surface area (Å²) in [5.74, 6) is 0.890. The SMILES string of the molecule is CCOC(=O)N1CCC(NC(=NC)NCCCNC(=O)c2occc2C)CC1.I. The maximum absolute atomic E-state index is 12.0. The van der Waals surface area contributed by atoms with Crippen LogP contribution in [0, 0.1) is 6.92 Å². The molecular formula is C19H32IN5O4. The summed E-state index contributed by atoms with van der Waals surface area (Å²) in [5.41, 5.74) is 0.828. The number of likely N-dealkylation sites (tertiary alicyclic amines) is 1. The van der Waals surface area contributed by atoms with Crippen LogP contribution in [0.4, 0.5) is 4.79 Å². The predicted molar refractivity (Wildman–Crippen MR) is 122 cm³/mol. The molecule has 0 aliphatic carbocycles. The number of guanidine groups is 1. The molecule has 1 saturated heterocycles. The standard InChI is InChI=1S/C19H31N5O4.HI/c1-4-27-19(26)24-11-6-15(7-12-24)23-18(20-3)22-10-5-9-21-17(25)16-14(2)8-13-28-16;/h8,13,15H,4-7,9-12H2,1-3H3,(H,21,25)(H2,20,22,23);1H. The van der Waals surface area contributed by atoms with Crippen LogP contribution in [0.25, 0.3) is 0 Å². The van der Waals surface area contributed by atoms with Crippen LogP contribution >= 0.6 is 24.0 Å². The third-order valence-corrected chi connectivity index (χ3v) is 4.59.